The molecular weight excluding hydrogens is 256 g/mol. The Hall–Kier alpha value is -0.0800. The van der Waals surface area contributed by atoms with Gasteiger partial charge in [-0.05, 0) is 19.8 Å². The molecule has 0 aromatic heterocycles. The summed E-state index contributed by atoms with van der Waals surface area (Å²) in [6.07, 6.45) is 16.7. The summed E-state index contributed by atoms with van der Waals surface area (Å²) < 4.78 is 0. The molecule has 1 aliphatic rings. The summed E-state index contributed by atoms with van der Waals surface area (Å²) in [4.78, 5) is 2.66. The standard InChI is InChI=1S/C19H40N2/c1-4-6-8-10-12-14-19(3,21-16-18(20)17-21)15-13-11-9-7-5-2/h18H,4-17,20H2,1-3H3. The molecule has 1 saturated heterocycles. The van der Waals surface area contributed by atoms with Crippen molar-refractivity contribution >= 4 is 0 Å². The summed E-state index contributed by atoms with van der Waals surface area (Å²) in [5.41, 5.74) is 6.44. The summed E-state index contributed by atoms with van der Waals surface area (Å²) in [6.45, 7) is 9.34. The zero-order valence-electron chi connectivity index (χ0n) is 15.0. The van der Waals surface area contributed by atoms with Gasteiger partial charge in [0, 0.05) is 24.7 Å². The fourth-order valence-corrected chi connectivity index (χ4v) is 3.61. The molecular formula is C19H40N2. The Balaban J connectivity index is 2.28. The Bertz CT molecular complexity index is 232. The molecule has 21 heavy (non-hydrogen) atoms. The lowest BCUT2D eigenvalue weighted by molar-refractivity contribution is 0.0100. The van der Waals surface area contributed by atoms with Gasteiger partial charge in [-0.3, -0.25) is 4.90 Å². The minimum atomic E-state index is 0.425. The second-order valence-electron chi connectivity index (χ2n) is 7.49. The Kier molecular flexibility index (Phi) is 9.59. The second-order valence-corrected chi connectivity index (χ2v) is 7.49. The molecule has 0 amide bonds. The van der Waals surface area contributed by atoms with Crippen LogP contribution in [-0.4, -0.2) is 29.6 Å². The van der Waals surface area contributed by atoms with Crippen molar-refractivity contribution in [1.82, 2.24) is 4.90 Å². The molecule has 0 aliphatic carbocycles. The molecule has 0 aromatic carbocycles. The highest BCUT2D eigenvalue weighted by atomic mass is 15.3. The van der Waals surface area contributed by atoms with Crippen LogP contribution in [0.5, 0.6) is 0 Å². The average Bonchev–Trinajstić information content (AvgIpc) is 2.43. The van der Waals surface area contributed by atoms with Gasteiger partial charge in [-0.15, -0.1) is 0 Å². The van der Waals surface area contributed by atoms with Gasteiger partial charge in [0.15, 0.2) is 0 Å². The van der Waals surface area contributed by atoms with E-state index in [1.165, 1.54) is 77.0 Å². The number of nitrogens with two attached hydrogens (primary N) is 1. The van der Waals surface area contributed by atoms with Gasteiger partial charge in [0.1, 0.15) is 0 Å². The fraction of sp³-hybridized carbons (Fsp3) is 1.00. The first-order valence-corrected chi connectivity index (χ1v) is 9.63. The highest BCUT2D eigenvalue weighted by molar-refractivity contribution is 4.95. The van der Waals surface area contributed by atoms with Crippen LogP contribution >= 0.6 is 0 Å². The van der Waals surface area contributed by atoms with E-state index >= 15 is 0 Å². The number of nitrogens with zero attached hydrogens (tertiary/aromatic N) is 1. The zero-order chi connectivity index (χ0) is 15.6. The van der Waals surface area contributed by atoms with Crippen LogP contribution in [-0.2, 0) is 0 Å². The van der Waals surface area contributed by atoms with Gasteiger partial charge in [-0.25, -0.2) is 0 Å². The number of hydrogen-bond donors (Lipinski definition) is 1. The summed E-state index contributed by atoms with van der Waals surface area (Å²) in [6, 6.07) is 0.435. The van der Waals surface area contributed by atoms with Crippen molar-refractivity contribution in [2.75, 3.05) is 13.1 Å². The smallest absolute Gasteiger partial charge is 0.0297 e. The van der Waals surface area contributed by atoms with Crippen LogP contribution in [0.3, 0.4) is 0 Å². The van der Waals surface area contributed by atoms with Gasteiger partial charge in [0.2, 0.25) is 0 Å². The average molecular weight is 297 g/mol. The third-order valence-corrected chi connectivity index (χ3v) is 5.31. The van der Waals surface area contributed by atoms with Crippen molar-refractivity contribution in [1.29, 1.82) is 0 Å². The number of unbranched alkanes of at least 4 members (excludes halogenated alkanes) is 8. The molecule has 2 heteroatoms. The van der Waals surface area contributed by atoms with Gasteiger partial charge in [0.25, 0.3) is 0 Å². The minimum absolute atomic E-state index is 0.425. The van der Waals surface area contributed by atoms with Crippen molar-refractivity contribution < 1.29 is 0 Å². The van der Waals surface area contributed by atoms with Gasteiger partial charge in [-0.1, -0.05) is 78.1 Å². The summed E-state index contributed by atoms with van der Waals surface area (Å²) in [5.74, 6) is 0. The van der Waals surface area contributed by atoms with E-state index in [1.54, 1.807) is 0 Å². The molecule has 1 heterocycles. The lowest BCUT2D eigenvalue weighted by Gasteiger charge is -2.50. The topological polar surface area (TPSA) is 29.3 Å². The van der Waals surface area contributed by atoms with Crippen molar-refractivity contribution in [2.24, 2.45) is 5.73 Å². The molecule has 2 nitrogen and oxygen atoms in total. The van der Waals surface area contributed by atoms with Crippen molar-refractivity contribution in [3.63, 3.8) is 0 Å². The highest BCUT2D eigenvalue weighted by Crippen LogP contribution is 2.32. The highest BCUT2D eigenvalue weighted by Gasteiger charge is 2.37. The summed E-state index contributed by atoms with van der Waals surface area (Å²) in [5, 5.41) is 0. The molecule has 0 bridgehead atoms. The molecule has 0 radical (unpaired) electrons. The van der Waals surface area contributed by atoms with Crippen LogP contribution < -0.4 is 5.73 Å². The third-order valence-electron chi connectivity index (χ3n) is 5.31. The maximum Gasteiger partial charge on any atom is 0.0297 e. The third kappa shape index (κ3) is 7.15. The molecule has 1 aliphatic heterocycles. The molecule has 0 saturated carbocycles. The van der Waals surface area contributed by atoms with Crippen LogP contribution in [0.25, 0.3) is 0 Å². The molecule has 2 N–H and O–H groups in total. The summed E-state index contributed by atoms with van der Waals surface area (Å²) >= 11 is 0. The Morgan fingerprint density at radius 1 is 0.810 bits per heavy atom. The van der Waals surface area contributed by atoms with Gasteiger partial charge < -0.3 is 5.73 Å². The molecule has 126 valence electrons. The van der Waals surface area contributed by atoms with E-state index in [0.717, 1.165) is 13.1 Å². The lowest BCUT2D eigenvalue weighted by Crippen LogP contribution is -2.64. The second kappa shape index (κ2) is 10.6. The molecule has 0 spiro atoms. The van der Waals surface area contributed by atoms with Crippen LogP contribution in [0.15, 0.2) is 0 Å². The van der Waals surface area contributed by atoms with Gasteiger partial charge in [0.05, 0.1) is 0 Å². The predicted octanol–water partition coefficient (Wildman–Crippen LogP) is 5.11. The zero-order valence-corrected chi connectivity index (χ0v) is 15.0. The molecule has 1 rings (SSSR count). The normalized spacial score (nSPS) is 17.1. The van der Waals surface area contributed by atoms with E-state index in [2.05, 4.69) is 25.7 Å². The first-order valence-electron chi connectivity index (χ1n) is 9.63. The van der Waals surface area contributed by atoms with E-state index in [-0.39, 0.29) is 0 Å². The van der Waals surface area contributed by atoms with Gasteiger partial charge >= 0.3 is 0 Å². The fourth-order valence-electron chi connectivity index (χ4n) is 3.61. The van der Waals surface area contributed by atoms with E-state index in [4.69, 9.17) is 5.73 Å². The predicted molar refractivity (Wildman–Crippen MR) is 94.7 cm³/mol. The first-order chi connectivity index (χ1) is 10.1. The van der Waals surface area contributed by atoms with Crippen LogP contribution in [0, 0.1) is 0 Å². The first kappa shape index (κ1) is 19.0. The Morgan fingerprint density at radius 3 is 1.62 bits per heavy atom. The van der Waals surface area contributed by atoms with Gasteiger partial charge in [-0.2, -0.15) is 0 Å². The minimum Gasteiger partial charge on any atom is -0.325 e. The Morgan fingerprint density at radius 2 is 1.24 bits per heavy atom. The maximum absolute atomic E-state index is 6.01. The molecule has 0 aromatic rings. The van der Waals surface area contributed by atoms with E-state index in [0.29, 0.717) is 11.6 Å². The summed E-state index contributed by atoms with van der Waals surface area (Å²) in [7, 11) is 0. The van der Waals surface area contributed by atoms with Crippen molar-refractivity contribution in [3.8, 4) is 0 Å². The van der Waals surface area contributed by atoms with E-state index in [9.17, 15) is 0 Å². The molecule has 1 fully saturated rings. The molecule has 0 atom stereocenters. The van der Waals surface area contributed by atoms with Crippen LogP contribution in [0.2, 0.25) is 0 Å². The maximum atomic E-state index is 6.01. The van der Waals surface area contributed by atoms with E-state index < -0.39 is 0 Å². The van der Waals surface area contributed by atoms with Crippen LogP contribution in [0.4, 0.5) is 0 Å². The SMILES string of the molecule is CCCCCCCC(C)(CCCCCCC)N1CC(N)C1. The number of hydrogen-bond acceptors (Lipinski definition) is 2. The van der Waals surface area contributed by atoms with Crippen molar-refractivity contribution in [2.45, 2.75) is 109 Å². The monoisotopic (exact) mass is 296 g/mol. The van der Waals surface area contributed by atoms with E-state index in [1.807, 2.05) is 0 Å². The largest absolute Gasteiger partial charge is 0.325 e. The quantitative estimate of drug-likeness (QED) is 0.479. The molecule has 0 unspecified atom stereocenters. The number of likely N-dealkylation sites (tertiary alicyclic amines) is 1. The Labute approximate surface area is 133 Å². The van der Waals surface area contributed by atoms with Crippen LogP contribution in [0.1, 0.15) is 97.8 Å². The van der Waals surface area contributed by atoms with Crippen molar-refractivity contribution in [3.05, 3.63) is 0 Å². The number of rotatable bonds is 13. The lowest BCUT2D eigenvalue weighted by atomic mass is 9.83.